The fraction of sp³-hybridized carbons (Fsp3) is 0.500. The molecule has 1 aromatic rings. The van der Waals surface area contributed by atoms with E-state index < -0.39 is 0 Å². The second kappa shape index (κ2) is 8.76. The Balaban J connectivity index is 2.78. The van der Waals surface area contributed by atoms with E-state index in [1.165, 1.54) is 4.90 Å². The largest absolute Gasteiger partial charge is 0.493 e. The van der Waals surface area contributed by atoms with Gasteiger partial charge in [-0.3, -0.25) is 9.59 Å². The maximum Gasteiger partial charge on any atom is 0.239 e. The minimum Gasteiger partial charge on any atom is -0.493 e. The first kappa shape index (κ1) is 19.3. The van der Waals surface area contributed by atoms with Crippen LogP contribution in [0.2, 0.25) is 0 Å². The third-order valence-electron chi connectivity index (χ3n) is 3.15. The van der Waals surface area contributed by atoms with Crippen LogP contribution in [0, 0.1) is 0 Å². The number of nitrogens with one attached hydrogen (secondary N) is 1. The van der Waals surface area contributed by atoms with E-state index in [2.05, 4.69) is 21.2 Å². The first-order chi connectivity index (χ1) is 10.8. The van der Waals surface area contributed by atoms with Crippen molar-refractivity contribution in [1.29, 1.82) is 0 Å². The molecular formula is C16H23BrN2O4. The van der Waals surface area contributed by atoms with Gasteiger partial charge in [0.2, 0.25) is 11.8 Å². The molecule has 0 saturated heterocycles. The molecule has 1 aromatic carbocycles. The standard InChI is InChI=1S/C16H23BrN2O4/c1-10(2)18-15(20)9-19(3)16(21)7-11-6-13(22-4)14(23-5)8-12(11)17/h6,8,10H,7,9H2,1-5H3,(H,18,20). The van der Waals surface area contributed by atoms with Gasteiger partial charge in [0.1, 0.15) is 0 Å². The first-order valence-corrected chi connectivity index (χ1v) is 8.01. The summed E-state index contributed by atoms with van der Waals surface area (Å²) in [4.78, 5) is 25.4. The van der Waals surface area contributed by atoms with Gasteiger partial charge >= 0.3 is 0 Å². The summed E-state index contributed by atoms with van der Waals surface area (Å²) in [5.41, 5.74) is 0.767. The topological polar surface area (TPSA) is 67.9 Å². The average Bonchev–Trinajstić information content (AvgIpc) is 2.47. The smallest absolute Gasteiger partial charge is 0.239 e. The van der Waals surface area contributed by atoms with Gasteiger partial charge in [0, 0.05) is 17.6 Å². The maximum atomic E-state index is 12.3. The number of rotatable bonds is 7. The van der Waals surface area contributed by atoms with Crippen molar-refractivity contribution in [2.24, 2.45) is 0 Å². The van der Waals surface area contributed by atoms with Gasteiger partial charge in [0.25, 0.3) is 0 Å². The van der Waals surface area contributed by atoms with E-state index in [0.717, 1.165) is 10.0 Å². The molecule has 0 radical (unpaired) electrons. The summed E-state index contributed by atoms with van der Waals surface area (Å²) in [5, 5.41) is 2.76. The van der Waals surface area contributed by atoms with Crippen molar-refractivity contribution in [3.8, 4) is 11.5 Å². The van der Waals surface area contributed by atoms with Gasteiger partial charge in [-0.05, 0) is 31.5 Å². The van der Waals surface area contributed by atoms with Crippen LogP contribution in [0.5, 0.6) is 11.5 Å². The number of amides is 2. The molecular weight excluding hydrogens is 364 g/mol. The zero-order chi connectivity index (χ0) is 17.6. The Morgan fingerprint density at radius 1 is 1.22 bits per heavy atom. The second-order valence-corrected chi connectivity index (χ2v) is 6.30. The molecule has 0 aliphatic rings. The minimum absolute atomic E-state index is 0.0297. The molecule has 0 aliphatic heterocycles. The monoisotopic (exact) mass is 386 g/mol. The normalized spacial score (nSPS) is 10.4. The highest BCUT2D eigenvalue weighted by molar-refractivity contribution is 9.10. The summed E-state index contributed by atoms with van der Waals surface area (Å²) in [6.07, 6.45) is 0.159. The number of benzene rings is 1. The number of likely N-dealkylation sites (N-methyl/N-ethyl adjacent to an activating group) is 1. The van der Waals surface area contributed by atoms with E-state index in [0.29, 0.717) is 11.5 Å². The summed E-state index contributed by atoms with van der Waals surface area (Å²) in [7, 11) is 4.70. The molecule has 23 heavy (non-hydrogen) atoms. The number of nitrogens with zero attached hydrogens (tertiary/aromatic N) is 1. The van der Waals surface area contributed by atoms with E-state index in [1.54, 1.807) is 33.4 Å². The second-order valence-electron chi connectivity index (χ2n) is 5.45. The summed E-state index contributed by atoms with van der Waals surface area (Å²) in [6, 6.07) is 3.56. The molecule has 0 atom stereocenters. The zero-order valence-corrected chi connectivity index (χ0v) is 15.7. The lowest BCUT2D eigenvalue weighted by molar-refractivity contribution is -0.134. The Kier molecular flexibility index (Phi) is 7.35. The zero-order valence-electron chi connectivity index (χ0n) is 14.1. The van der Waals surface area contributed by atoms with Crippen molar-refractivity contribution in [2.45, 2.75) is 26.3 Å². The number of carbonyl (C=O) groups is 2. The third-order valence-corrected chi connectivity index (χ3v) is 3.89. The van der Waals surface area contributed by atoms with Crippen LogP contribution in [0.3, 0.4) is 0 Å². The number of halogens is 1. The lowest BCUT2D eigenvalue weighted by atomic mass is 10.1. The van der Waals surface area contributed by atoms with E-state index in [9.17, 15) is 9.59 Å². The molecule has 7 heteroatoms. The van der Waals surface area contributed by atoms with Crippen LogP contribution in [0.15, 0.2) is 16.6 Å². The molecule has 0 saturated carbocycles. The fourth-order valence-electron chi connectivity index (χ4n) is 2.00. The average molecular weight is 387 g/mol. The van der Waals surface area contributed by atoms with Gasteiger partial charge in [-0.2, -0.15) is 0 Å². The molecule has 6 nitrogen and oxygen atoms in total. The lowest BCUT2D eigenvalue weighted by Crippen LogP contribution is -2.41. The molecule has 0 bridgehead atoms. The van der Waals surface area contributed by atoms with E-state index in [-0.39, 0.29) is 30.8 Å². The van der Waals surface area contributed by atoms with Crippen LogP contribution in [0.1, 0.15) is 19.4 Å². The summed E-state index contributed by atoms with van der Waals surface area (Å²) in [6.45, 7) is 3.78. The van der Waals surface area contributed by atoms with Crippen LogP contribution >= 0.6 is 15.9 Å². The number of hydrogen-bond acceptors (Lipinski definition) is 4. The molecule has 0 heterocycles. The van der Waals surface area contributed by atoms with Crippen LogP contribution in [0.25, 0.3) is 0 Å². The Hall–Kier alpha value is -1.76. The molecule has 0 aromatic heterocycles. The van der Waals surface area contributed by atoms with Crippen molar-refractivity contribution in [3.63, 3.8) is 0 Å². The highest BCUT2D eigenvalue weighted by Gasteiger charge is 2.17. The number of methoxy groups -OCH3 is 2. The van der Waals surface area contributed by atoms with Gasteiger partial charge < -0.3 is 19.7 Å². The summed E-state index contributed by atoms with van der Waals surface area (Å²) in [5.74, 6) is 0.804. The predicted octanol–water partition coefficient (Wildman–Crippen LogP) is 1.99. The molecule has 1 N–H and O–H groups in total. The first-order valence-electron chi connectivity index (χ1n) is 7.22. The van der Waals surface area contributed by atoms with Crippen molar-refractivity contribution in [1.82, 2.24) is 10.2 Å². The Labute approximate surface area is 145 Å². The number of ether oxygens (including phenoxy) is 2. The van der Waals surface area contributed by atoms with Crippen LogP contribution in [-0.4, -0.2) is 50.6 Å². The molecule has 0 unspecified atom stereocenters. The summed E-state index contributed by atoms with van der Waals surface area (Å²) < 4.78 is 11.2. The van der Waals surface area contributed by atoms with Crippen molar-refractivity contribution in [2.75, 3.05) is 27.8 Å². The van der Waals surface area contributed by atoms with Gasteiger partial charge in [0.05, 0.1) is 27.2 Å². The van der Waals surface area contributed by atoms with Gasteiger partial charge in [-0.25, -0.2) is 0 Å². The van der Waals surface area contributed by atoms with E-state index in [1.807, 2.05) is 13.8 Å². The van der Waals surface area contributed by atoms with Gasteiger partial charge in [0.15, 0.2) is 11.5 Å². The van der Waals surface area contributed by atoms with Crippen molar-refractivity contribution in [3.05, 3.63) is 22.2 Å². The summed E-state index contributed by atoms with van der Waals surface area (Å²) >= 11 is 3.43. The molecule has 0 aliphatic carbocycles. The highest BCUT2D eigenvalue weighted by atomic mass is 79.9. The third kappa shape index (κ3) is 5.74. The predicted molar refractivity (Wildman–Crippen MR) is 91.9 cm³/mol. The quantitative estimate of drug-likeness (QED) is 0.777. The Bertz CT molecular complexity index is 575. The van der Waals surface area contributed by atoms with Crippen LogP contribution < -0.4 is 14.8 Å². The maximum absolute atomic E-state index is 12.3. The fourth-order valence-corrected chi connectivity index (χ4v) is 2.46. The van der Waals surface area contributed by atoms with Crippen molar-refractivity contribution < 1.29 is 19.1 Å². The Morgan fingerprint density at radius 3 is 2.30 bits per heavy atom. The minimum atomic E-state index is -0.178. The molecule has 0 fully saturated rings. The van der Waals surface area contributed by atoms with Gasteiger partial charge in [-0.1, -0.05) is 15.9 Å². The van der Waals surface area contributed by atoms with Crippen LogP contribution in [0.4, 0.5) is 0 Å². The molecule has 0 spiro atoms. The number of carbonyl (C=O) groups excluding carboxylic acids is 2. The van der Waals surface area contributed by atoms with Crippen LogP contribution in [-0.2, 0) is 16.0 Å². The SMILES string of the molecule is COc1cc(Br)c(CC(=O)N(C)CC(=O)NC(C)C)cc1OC. The van der Waals surface area contributed by atoms with Crippen molar-refractivity contribution >= 4 is 27.7 Å². The highest BCUT2D eigenvalue weighted by Crippen LogP contribution is 2.33. The molecule has 2 amide bonds. The Morgan fingerprint density at radius 2 is 1.78 bits per heavy atom. The molecule has 1 rings (SSSR count). The van der Waals surface area contributed by atoms with E-state index >= 15 is 0 Å². The lowest BCUT2D eigenvalue weighted by Gasteiger charge is -2.19. The number of hydrogen-bond donors (Lipinski definition) is 1. The van der Waals surface area contributed by atoms with E-state index in [4.69, 9.17) is 9.47 Å². The van der Waals surface area contributed by atoms with Gasteiger partial charge in [-0.15, -0.1) is 0 Å². The molecule has 128 valence electrons.